The van der Waals surface area contributed by atoms with Crippen LogP contribution in [0.1, 0.15) is 73.7 Å². The van der Waals surface area contributed by atoms with Crippen LogP contribution in [0.3, 0.4) is 0 Å². The van der Waals surface area contributed by atoms with Crippen LogP contribution in [0, 0.1) is 13.8 Å². The predicted octanol–water partition coefficient (Wildman–Crippen LogP) is 3.75. The zero-order chi connectivity index (χ0) is 14.0. The second-order valence-electron chi connectivity index (χ2n) is 6.06. The Bertz CT molecular complexity index is 454. The van der Waals surface area contributed by atoms with E-state index in [9.17, 15) is 4.79 Å². The number of amides is 1. The lowest BCUT2D eigenvalue weighted by molar-refractivity contribution is 0.0927. The van der Waals surface area contributed by atoms with Crippen molar-refractivity contribution < 1.29 is 4.79 Å². The number of nitrogens with zero attached hydrogens (tertiary/aromatic N) is 1. The molecule has 0 bridgehead atoms. The fourth-order valence-electron chi connectivity index (χ4n) is 3.31. The number of aryl methyl sites for hydroxylation is 1. The van der Waals surface area contributed by atoms with Crippen LogP contribution in [-0.4, -0.2) is 16.5 Å². The van der Waals surface area contributed by atoms with E-state index >= 15 is 0 Å². The Hall–Kier alpha value is -1.25. The van der Waals surface area contributed by atoms with Crippen LogP contribution in [0.4, 0.5) is 0 Å². The first-order valence-corrected chi connectivity index (χ1v) is 7.50. The molecule has 0 atom stereocenters. The maximum absolute atomic E-state index is 12.4. The third-order valence-electron chi connectivity index (χ3n) is 4.19. The van der Waals surface area contributed by atoms with E-state index in [0.29, 0.717) is 12.1 Å². The average Bonchev–Trinajstić information content (AvgIpc) is 2.66. The van der Waals surface area contributed by atoms with Crippen molar-refractivity contribution in [1.82, 2.24) is 9.88 Å². The van der Waals surface area contributed by atoms with Gasteiger partial charge in [-0.3, -0.25) is 4.79 Å². The molecule has 1 N–H and O–H groups in total. The number of hydrogen-bond acceptors (Lipinski definition) is 1. The summed E-state index contributed by atoms with van der Waals surface area (Å²) in [5.74, 6) is 0.104. The van der Waals surface area contributed by atoms with Gasteiger partial charge < -0.3 is 9.88 Å². The first-order valence-electron chi connectivity index (χ1n) is 7.50. The van der Waals surface area contributed by atoms with Crippen LogP contribution < -0.4 is 5.32 Å². The molecule has 1 aromatic rings. The molecule has 3 heteroatoms. The monoisotopic (exact) mass is 262 g/mol. The Morgan fingerprint density at radius 2 is 1.89 bits per heavy atom. The van der Waals surface area contributed by atoms with Crippen molar-refractivity contribution in [3.05, 3.63) is 23.0 Å². The van der Waals surface area contributed by atoms with Gasteiger partial charge in [0.2, 0.25) is 0 Å². The van der Waals surface area contributed by atoms with Gasteiger partial charge in [0.25, 0.3) is 5.91 Å². The lowest BCUT2D eigenvalue weighted by Crippen LogP contribution is -2.36. The molecule has 2 rings (SSSR count). The minimum Gasteiger partial charge on any atom is -0.349 e. The van der Waals surface area contributed by atoms with Gasteiger partial charge in [0.1, 0.15) is 0 Å². The summed E-state index contributed by atoms with van der Waals surface area (Å²) in [7, 11) is 0. The van der Waals surface area contributed by atoms with Crippen LogP contribution in [0.25, 0.3) is 0 Å². The topological polar surface area (TPSA) is 34.0 Å². The summed E-state index contributed by atoms with van der Waals surface area (Å²) in [5.41, 5.74) is 3.10. The summed E-state index contributed by atoms with van der Waals surface area (Å²) >= 11 is 0. The van der Waals surface area contributed by atoms with Crippen molar-refractivity contribution in [2.75, 3.05) is 0 Å². The molecule has 106 valence electrons. The second-order valence-corrected chi connectivity index (χ2v) is 6.06. The largest absolute Gasteiger partial charge is 0.349 e. The van der Waals surface area contributed by atoms with E-state index in [2.05, 4.69) is 30.7 Å². The van der Waals surface area contributed by atoms with Gasteiger partial charge in [-0.1, -0.05) is 19.3 Å². The molecule has 3 nitrogen and oxygen atoms in total. The molecule has 1 aromatic heterocycles. The Morgan fingerprint density at radius 1 is 1.26 bits per heavy atom. The van der Waals surface area contributed by atoms with Gasteiger partial charge in [0, 0.05) is 23.5 Å². The number of carbonyl (C=O) groups is 1. The van der Waals surface area contributed by atoms with Crippen LogP contribution in [0.5, 0.6) is 0 Å². The van der Waals surface area contributed by atoms with Gasteiger partial charge in [0.15, 0.2) is 0 Å². The third kappa shape index (κ3) is 3.02. The Kier molecular flexibility index (Phi) is 4.33. The van der Waals surface area contributed by atoms with E-state index in [1.54, 1.807) is 0 Å². The molecule has 1 saturated carbocycles. The smallest absolute Gasteiger partial charge is 0.253 e. The van der Waals surface area contributed by atoms with E-state index in [-0.39, 0.29) is 5.91 Å². The Balaban J connectivity index is 2.12. The van der Waals surface area contributed by atoms with Crippen molar-refractivity contribution >= 4 is 5.91 Å². The molecule has 0 radical (unpaired) electrons. The van der Waals surface area contributed by atoms with Gasteiger partial charge in [-0.15, -0.1) is 0 Å². The summed E-state index contributed by atoms with van der Waals surface area (Å²) in [4.78, 5) is 12.4. The highest BCUT2D eigenvalue weighted by Gasteiger charge is 2.20. The van der Waals surface area contributed by atoms with Crippen LogP contribution in [0.15, 0.2) is 6.07 Å². The second kappa shape index (κ2) is 5.81. The van der Waals surface area contributed by atoms with Gasteiger partial charge in [-0.25, -0.2) is 0 Å². The molecular weight excluding hydrogens is 236 g/mol. The molecule has 0 aliphatic heterocycles. The number of aromatic nitrogens is 1. The number of rotatable bonds is 3. The molecule has 1 aliphatic rings. The summed E-state index contributed by atoms with van der Waals surface area (Å²) in [6.07, 6.45) is 6.07. The molecule has 1 amide bonds. The number of hydrogen-bond donors (Lipinski definition) is 1. The van der Waals surface area contributed by atoms with Crippen molar-refractivity contribution in [2.45, 2.75) is 71.9 Å². The van der Waals surface area contributed by atoms with Crippen LogP contribution in [-0.2, 0) is 0 Å². The lowest BCUT2D eigenvalue weighted by atomic mass is 9.95. The van der Waals surface area contributed by atoms with E-state index in [1.807, 2.05) is 13.0 Å². The molecule has 19 heavy (non-hydrogen) atoms. The lowest BCUT2D eigenvalue weighted by Gasteiger charge is -2.22. The van der Waals surface area contributed by atoms with E-state index in [4.69, 9.17) is 0 Å². The third-order valence-corrected chi connectivity index (χ3v) is 4.19. The molecule has 0 aromatic carbocycles. The summed E-state index contributed by atoms with van der Waals surface area (Å²) in [5, 5.41) is 3.20. The fourth-order valence-corrected chi connectivity index (χ4v) is 3.31. The molecule has 1 heterocycles. The predicted molar refractivity (Wildman–Crippen MR) is 78.6 cm³/mol. The maximum Gasteiger partial charge on any atom is 0.253 e. The van der Waals surface area contributed by atoms with Crippen LogP contribution >= 0.6 is 0 Å². The summed E-state index contributed by atoms with van der Waals surface area (Å²) in [6.45, 7) is 8.43. The van der Waals surface area contributed by atoms with Gasteiger partial charge in [0.05, 0.1) is 5.56 Å². The Morgan fingerprint density at radius 3 is 2.42 bits per heavy atom. The van der Waals surface area contributed by atoms with Crippen molar-refractivity contribution in [2.24, 2.45) is 0 Å². The van der Waals surface area contributed by atoms with E-state index in [0.717, 1.165) is 24.1 Å². The number of carbonyl (C=O) groups excluding carboxylic acids is 1. The highest BCUT2D eigenvalue weighted by molar-refractivity contribution is 5.95. The first-order chi connectivity index (χ1) is 9.00. The average molecular weight is 262 g/mol. The minimum absolute atomic E-state index is 0.104. The fraction of sp³-hybridized carbons (Fsp3) is 0.688. The zero-order valence-corrected chi connectivity index (χ0v) is 12.6. The van der Waals surface area contributed by atoms with Crippen molar-refractivity contribution in [1.29, 1.82) is 0 Å². The molecule has 0 saturated heterocycles. The normalized spacial score (nSPS) is 16.9. The highest BCUT2D eigenvalue weighted by atomic mass is 16.1. The zero-order valence-electron chi connectivity index (χ0n) is 12.6. The SMILES string of the molecule is Cc1cc(C(=O)NC2CCCCC2)c(C)n1C(C)C. The maximum atomic E-state index is 12.4. The minimum atomic E-state index is 0.104. The molecule has 1 aliphatic carbocycles. The standard InChI is InChI=1S/C16H26N2O/c1-11(2)18-12(3)10-15(13(18)4)16(19)17-14-8-6-5-7-9-14/h10-11,14H,5-9H2,1-4H3,(H,17,19). The van der Waals surface area contributed by atoms with Gasteiger partial charge >= 0.3 is 0 Å². The molecule has 0 unspecified atom stereocenters. The van der Waals surface area contributed by atoms with Crippen molar-refractivity contribution in [3.63, 3.8) is 0 Å². The Labute approximate surface area is 116 Å². The van der Waals surface area contributed by atoms with Crippen molar-refractivity contribution in [3.8, 4) is 0 Å². The van der Waals surface area contributed by atoms with Gasteiger partial charge in [-0.2, -0.15) is 0 Å². The quantitative estimate of drug-likeness (QED) is 0.884. The first kappa shape index (κ1) is 14.2. The highest BCUT2D eigenvalue weighted by Crippen LogP contribution is 2.22. The number of nitrogens with one attached hydrogen (secondary N) is 1. The van der Waals surface area contributed by atoms with E-state index < -0.39 is 0 Å². The molecule has 1 fully saturated rings. The summed E-state index contributed by atoms with van der Waals surface area (Å²) < 4.78 is 2.23. The van der Waals surface area contributed by atoms with Crippen LogP contribution in [0.2, 0.25) is 0 Å². The molecular formula is C16H26N2O. The van der Waals surface area contributed by atoms with E-state index in [1.165, 1.54) is 25.0 Å². The molecule has 0 spiro atoms. The van der Waals surface area contributed by atoms with Gasteiger partial charge in [-0.05, 0) is 46.6 Å². The summed E-state index contributed by atoms with van der Waals surface area (Å²) in [6, 6.07) is 2.80.